The maximum absolute atomic E-state index is 14.3. The summed E-state index contributed by atoms with van der Waals surface area (Å²) in [7, 11) is 1.69. The third-order valence-electron chi connectivity index (χ3n) is 7.99. The van der Waals surface area contributed by atoms with E-state index in [1.54, 1.807) is 31.0 Å². The summed E-state index contributed by atoms with van der Waals surface area (Å²) in [5, 5.41) is 18.1. The Bertz CT molecular complexity index is 1370. The van der Waals surface area contributed by atoms with Gasteiger partial charge in [0.2, 0.25) is 0 Å². The number of aliphatic hydroxyl groups excluding tert-OH is 1. The number of anilines is 2. The summed E-state index contributed by atoms with van der Waals surface area (Å²) in [6.07, 6.45) is -2.93. The molecule has 0 fully saturated rings. The van der Waals surface area contributed by atoms with Crippen molar-refractivity contribution < 1.29 is 42.1 Å². The molecular weight excluding hydrogens is 631 g/mol. The van der Waals surface area contributed by atoms with E-state index >= 15 is 0 Å². The zero-order chi connectivity index (χ0) is 35.6. The molecule has 0 bridgehead atoms. The maximum atomic E-state index is 14.3. The molecule has 1 aliphatic heterocycles. The van der Waals surface area contributed by atoms with E-state index in [9.17, 15) is 32.7 Å². The first-order valence-corrected chi connectivity index (χ1v) is 16.2. The Balaban J connectivity index is 1.89. The first-order valence-electron chi connectivity index (χ1n) is 16.2. The van der Waals surface area contributed by atoms with Gasteiger partial charge in [-0.15, -0.1) is 0 Å². The number of aliphatic hydroxyl groups is 1. The number of alkyl halides is 3. The number of amides is 5. The van der Waals surface area contributed by atoms with Crippen LogP contribution < -0.4 is 20.7 Å². The van der Waals surface area contributed by atoms with Crippen molar-refractivity contribution in [2.45, 2.75) is 84.3 Å². The second-order valence-corrected chi connectivity index (χ2v) is 12.6. The molecule has 4 N–H and O–H groups in total. The Morgan fingerprint density at radius 2 is 1.69 bits per heavy atom. The second-order valence-electron chi connectivity index (χ2n) is 12.6. The molecular formula is C34H48F3N5O6. The molecule has 266 valence electrons. The van der Waals surface area contributed by atoms with Crippen LogP contribution in [0.2, 0.25) is 0 Å². The number of benzene rings is 2. The highest BCUT2D eigenvalue weighted by molar-refractivity contribution is 6.02. The fourth-order valence-electron chi connectivity index (χ4n) is 5.21. The number of halogens is 3. The molecule has 0 radical (unpaired) electrons. The Kier molecular flexibility index (Phi) is 13.9. The van der Waals surface area contributed by atoms with Crippen LogP contribution in [-0.2, 0) is 10.9 Å². The van der Waals surface area contributed by atoms with Crippen molar-refractivity contribution in [3.63, 3.8) is 0 Å². The van der Waals surface area contributed by atoms with Crippen molar-refractivity contribution in [2.24, 2.45) is 5.92 Å². The number of hydrogen-bond acceptors (Lipinski definition) is 6. The summed E-state index contributed by atoms with van der Waals surface area (Å²) >= 11 is 0. The Morgan fingerprint density at radius 3 is 2.31 bits per heavy atom. The van der Waals surface area contributed by atoms with Crippen LogP contribution in [0, 0.1) is 5.92 Å². The predicted molar refractivity (Wildman–Crippen MR) is 177 cm³/mol. The number of nitrogens with zero attached hydrogens (tertiary/aromatic N) is 2. The fraction of sp³-hybridized carbons (Fsp3) is 0.559. The molecule has 14 heteroatoms. The third-order valence-corrected chi connectivity index (χ3v) is 7.99. The quantitative estimate of drug-likeness (QED) is 0.276. The van der Waals surface area contributed by atoms with Crippen LogP contribution in [0.15, 0.2) is 42.5 Å². The Hall–Kier alpha value is -4.04. The summed E-state index contributed by atoms with van der Waals surface area (Å²) in [4.78, 5) is 42.8. The molecule has 0 spiro atoms. The average Bonchev–Trinajstić information content (AvgIpc) is 3.01. The Morgan fingerprint density at radius 1 is 1.04 bits per heavy atom. The van der Waals surface area contributed by atoms with Gasteiger partial charge in [0.25, 0.3) is 5.91 Å². The summed E-state index contributed by atoms with van der Waals surface area (Å²) in [5.74, 6) is -0.391. The number of carbonyl (C=O) groups is 3. The second kappa shape index (κ2) is 17.4. The summed E-state index contributed by atoms with van der Waals surface area (Å²) in [6, 6.07) is 7.05. The van der Waals surface area contributed by atoms with Crippen molar-refractivity contribution >= 4 is 29.3 Å². The minimum absolute atomic E-state index is 0.0413. The summed E-state index contributed by atoms with van der Waals surface area (Å²) < 4.78 is 51.3. The van der Waals surface area contributed by atoms with E-state index < -0.39 is 35.8 Å². The van der Waals surface area contributed by atoms with Gasteiger partial charge in [0.15, 0.2) is 0 Å². The van der Waals surface area contributed by atoms with E-state index in [2.05, 4.69) is 16.0 Å². The molecule has 0 aromatic heterocycles. The van der Waals surface area contributed by atoms with Crippen molar-refractivity contribution in [2.75, 3.05) is 44.0 Å². The number of fused-ring (bicyclic) bond motifs is 1. The predicted octanol–water partition coefficient (Wildman–Crippen LogP) is 6.19. The van der Waals surface area contributed by atoms with Crippen LogP contribution in [0.5, 0.6) is 5.75 Å². The number of rotatable bonds is 7. The zero-order valence-corrected chi connectivity index (χ0v) is 28.4. The normalized spacial score (nSPS) is 20.2. The molecule has 0 aliphatic carbocycles. The van der Waals surface area contributed by atoms with E-state index in [0.717, 1.165) is 37.1 Å². The van der Waals surface area contributed by atoms with Crippen molar-refractivity contribution in [3.8, 4) is 5.75 Å². The number of carbonyl (C=O) groups excluding carboxylic acids is 3. The zero-order valence-electron chi connectivity index (χ0n) is 28.4. The van der Waals surface area contributed by atoms with Crippen LogP contribution in [0.25, 0.3) is 0 Å². The molecule has 48 heavy (non-hydrogen) atoms. The lowest BCUT2D eigenvalue weighted by molar-refractivity contribution is -0.137. The van der Waals surface area contributed by atoms with E-state index in [-0.39, 0.29) is 60.7 Å². The largest absolute Gasteiger partial charge is 0.490 e. The van der Waals surface area contributed by atoms with Gasteiger partial charge in [-0.1, -0.05) is 6.92 Å². The van der Waals surface area contributed by atoms with Crippen LogP contribution in [0.1, 0.15) is 69.8 Å². The molecule has 0 saturated heterocycles. The van der Waals surface area contributed by atoms with Gasteiger partial charge in [-0.25, -0.2) is 9.59 Å². The van der Waals surface area contributed by atoms with Crippen molar-refractivity contribution in [3.05, 3.63) is 53.6 Å². The van der Waals surface area contributed by atoms with Crippen LogP contribution in [0.3, 0.4) is 0 Å². The van der Waals surface area contributed by atoms with Crippen LogP contribution >= 0.6 is 0 Å². The van der Waals surface area contributed by atoms with Crippen molar-refractivity contribution in [1.29, 1.82) is 0 Å². The monoisotopic (exact) mass is 679 g/mol. The third kappa shape index (κ3) is 11.3. The van der Waals surface area contributed by atoms with E-state index in [4.69, 9.17) is 9.47 Å². The van der Waals surface area contributed by atoms with Gasteiger partial charge in [-0.2, -0.15) is 13.2 Å². The highest BCUT2D eigenvalue weighted by Crippen LogP contribution is 2.31. The van der Waals surface area contributed by atoms with E-state index in [1.807, 2.05) is 27.7 Å². The van der Waals surface area contributed by atoms with Crippen LogP contribution in [-0.4, -0.2) is 90.5 Å². The molecule has 1 aliphatic rings. The lowest BCUT2D eigenvalue weighted by atomic mass is 10.0. The molecule has 5 amide bonds. The molecule has 11 nitrogen and oxygen atoms in total. The summed E-state index contributed by atoms with van der Waals surface area (Å²) in [5.41, 5.74) is -0.296. The molecule has 0 saturated carbocycles. The minimum atomic E-state index is -4.50. The van der Waals surface area contributed by atoms with E-state index in [0.29, 0.717) is 18.8 Å². The first-order chi connectivity index (χ1) is 22.6. The SMILES string of the molecule is CC(C)NC(=O)N(C)C[C@H]1OCCCC[C@H](C)Oc2ccc(NC(=O)Nc3ccc(C(F)(F)F)cc3)cc2C(=O)N([C@H](C)CO)C[C@@H]1C. The smallest absolute Gasteiger partial charge is 0.416 e. The maximum Gasteiger partial charge on any atom is 0.416 e. The lowest BCUT2D eigenvalue weighted by Crippen LogP contribution is -2.49. The van der Waals surface area contributed by atoms with Crippen molar-refractivity contribution in [1.82, 2.24) is 15.1 Å². The molecule has 3 rings (SSSR count). The number of likely N-dealkylation sites (N-methyl/N-ethyl adjacent to an activating group) is 1. The number of urea groups is 2. The molecule has 2 aromatic carbocycles. The molecule has 1 heterocycles. The van der Waals surface area contributed by atoms with Gasteiger partial charge < -0.3 is 40.3 Å². The van der Waals surface area contributed by atoms with Gasteiger partial charge in [0, 0.05) is 50.1 Å². The molecule has 0 unspecified atom stereocenters. The first kappa shape index (κ1) is 38.4. The van der Waals surface area contributed by atoms with E-state index in [1.165, 1.54) is 11.0 Å². The minimum Gasteiger partial charge on any atom is -0.490 e. The molecule has 2 aromatic rings. The summed E-state index contributed by atoms with van der Waals surface area (Å²) in [6.45, 7) is 9.91. The Labute approximate surface area is 280 Å². The van der Waals surface area contributed by atoms with Gasteiger partial charge in [0.05, 0.1) is 36.0 Å². The molecule has 4 atom stereocenters. The fourth-order valence-corrected chi connectivity index (χ4v) is 5.21. The van der Waals surface area contributed by atoms with Gasteiger partial charge in [-0.05, 0) is 89.4 Å². The number of ether oxygens (including phenoxy) is 2. The highest BCUT2D eigenvalue weighted by Gasteiger charge is 2.32. The highest BCUT2D eigenvalue weighted by atomic mass is 19.4. The standard InChI is InChI=1S/C34H48F3N5O6/c1-21(2)38-33(46)41(6)19-30-22(3)18-42(23(4)20-43)31(44)28-17-27(14-15-29(28)48-24(5)9-7-8-16-47-30)40-32(45)39-26-12-10-25(11-13-26)34(35,36)37/h10-15,17,21-24,30,43H,7-9,16,18-20H2,1-6H3,(H,38,46)(H2,39,40,45)/t22-,23+,24-,30+/m0/s1. The van der Waals surface area contributed by atoms with Gasteiger partial charge in [0.1, 0.15) is 5.75 Å². The topological polar surface area (TPSA) is 132 Å². The van der Waals surface area contributed by atoms with Crippen LogP contribution in [0.4, 0.5) is 34.1 Å². The lowest BCUT2D eigenvalue weighted by Gasteiger charge is -2.36. The van der Waals surface area contributed by atoms with Gasteiger partial charge >= 0.3 is 18.2 Å². The number of nitrogens with one attached hydrogen (secondary N) is 3. The average molecular weight is 680 g/mol. The number of hydrogen-bond donors (Lipinski definition) is 4. The van der Waals surface area contributed by atoms with Gasteiger partial charge in [-0.3, -0.25) is 4.79 Å².